The fourth-order valence-corrected chi connectivity index (χ4v) is 4.01. The third-order valence-electron chi connectivity index (χ3n) is 4.63. The lowest BCUT2D eigenvalue weighted by molar-refractivity contribution is -0.0656. The van der Waals surface area contributed by atoms with Gasteiger partial charge >= 0.3 is 0 Å². The Balaban J connectivity index is 2.03. The first kappa shape index (κ1) is 23.6. The van der Waals surface area contributed by atoms with Crippen molar-refractivity contribution >= 4 is 69.6 Å². The van der Waals surface area contributed by atoms with Crippen LogP contribution in [0.5, 0.6) is 0 Å². The van der Waals surface area contributed by atoms with Gasteiger partial charge in [0.2, 0.25) is 7.59 Å². The fourth-order valence-electron chi connectivity index (χ4n) is 3.25. The van der Waals surface area contributed by atoms with Crippen LogP contribution in [-0.4, -0.2) is 52.5 Å². The van der Waals surface area contributed by atoms with Crippen LogP contribution in [0.1, 0.15) is 19.3 Å². The van der Waals surface area contributed by atoms with Crippen molar-refractivity contribution in [1.82, 2.24) is 16.0 Å². The van der Waals surface area contributed by atoms with Crippen LogP contribution in [0.3, 0.4) is 0 Å². The SMILES string of the molecule is COC1CCC(C=CC2NC(C(Cl)(Cl)Cl)NC(C(Cl)(Cl)Cl)N2)CC1OC. The van der Waals surface area contributed by atoms with Crippen LogP contribution < -0.4 is 16.0 Å². The lowest BCUT2D eigenvalue weighted by atomic mass is 9.85. The Hall–Kier alpha value is 1.28. The van der Waals surface area contributed by atoms with E-state index in [4.69, 9.17) is 79.1 Å². The van der Waals surface area contributed by atoms with E-state index in [0.29, 0.717) is 5.92 Å². The zero-order valence-electron chi connectivity index (χ0n) is 14.3. The molecule has 0 radical (unpaired) electrons. The molecular weight excluding hydrogens is 467 g/mol. The van der Waals surface area contributed by atoms with Gasteiger partial charge in [-0.1, -0.05) is 81.8 Å². The molecule has 0 bridgehead atoms. The molecule has 2 aliphatic rings. The summed E-state index contributed by atoms with van der Waals surface area (Å²) in [7, 11) is 3.42. The van der Waals surface area contributed by atoms with Gasteiger partial charge in [0.15, 0.2) is 0 Å². The summed E-state index contributed by atoms with van der Waals surface area (Å²) in [5, 5.41) is 9.23. The second kappa shape index (κ2) is 9.86. The third-order valence-corrected chi connectivity index (χ3v) is 5.94. The van der Waals surface area contributed by atoms with Gasteiger partial charge in [-0.25, -0.2) is 0 Å². The average Bonchev–Trinajstić information content (AvgIpc) is 2.57. The van der Waals surface area contributed by atoms with Gasteiger partial charge in [-0.2, -0.15) is 0 Å². The molecule has 0 aromatic rings. The van der Waals surface area contributed by atoms with Gasteiger partial charge < -0.3 is 9.47 Å². The van der Waals surface area contributed by atoms with Crippen LogP contribution in [0.4, 0.5) is 0 Å². The molecule has 5 nitrogen and oxygen atoms in total. The van der Waals surface area contributed by atoms with Crippen molar-refractivity contribution < 1.29 is 9.47 Å². The summed E-state index contributed by atoms with van der Waals surface area (Å²) in [5.74, 6) is 0.349. The van der Waals surface area contributed by atoms with E-state index in [1.54, 1.807) is 14.2 Å². The Bertz CT molecular complexity index is 463. The van der Waals surface area contributed by atoms with Crippen molar-refractivity contribution in [3.8, 4) is 0 Å². The molecule has 1 heterocycles. The number of hydrogen-bond donors (Lipinski definition) is 3. The lowest BCUT2D eigenvalue weighted by Gasteiger charge is -2.42. The zero-order valence-corrected chi connectivity index (χ0v) is 18.9. The van der Waals surface area contributed by atoms with Gasteiger partial charge in [0.25, 0.3) is 0 Å². The van der Waals surface area contributed by atoms with Crippen molar-refractivity contribution in [1.29, 1.82) is 0 Å². The molecule has 0 spiro atoms. The first-order valence-electron chi connectivity index (χ1n) is 8.20. The van der Waals surface area contributed by atoms with Gasteiger partial charge in [-0.3, -0.25) is 16.0 Å². The number of halogens is 6. The molecule has 5 unspecified atom stereocenters. The van der Waals surface area contributed by atoms with E-state index in [1.165, 1.54) is 0 Å². The normalized spacial score (nSPS) is 37.2. The van der Waals surface area contributed by atoms with Crippen LogP contribution in [0.25, 0.3) is 0 Å². The summed E-state index contributed by atoms with van der Waals surface area (Å²) >= 11 is 36.0. The lowest BCUT2D eigenvalue weighted by Crippen LogP contribution is -2.73. The molecular formula is C15H23Cl6N3O2. The number of alkyl halides is 6. The molecule has 11 heteroatoms. The maximum absolute atomic E-state index is 6.01. The van der Waals surface area contributed by atoms with Gasteiger partial charge in [0.1, 0.15) is 12.3 Å². The van der Waals surface area contributed by atoms with Crippen LogP contribution in [0.15, 0.2) is 12.2 Å². The average molecular weight is 490 g/mol. The highest BCUT2D eigenvalue weighted by atomic mass is 35.6. The van der Waals surface area contributed by atoms with E-state index in [1.807, 2.05) is 6.08 Å². The van der Waals surface area contributed by atoms with Crippen molar-refractivity contribution in [3.63, 3.8) is 0 Å². The van der Waals surface area contributed by atoms with E-state index in [2.05, 4.69) is 22.0 Å². The number of nitrogens with one attached hydrogen (secondary N) is 3. The predicted molar refractivity (Wildman–Crippen MR) is 109 cm³/mol. The number of ether oxygens (including phenoxy) is 2. The first-order valence-corrected chi connectivity index (χ1v) is 10.5. The summed E-state index contributed by atoms with van der Waals surface area (Å²) in [4.78, 5) is 0. The van der Waals surface area contributed by atoms with Gasteiger partial charge in [-0.15, -0.1) is 0 Å². The van der Waals surface area contributed by atoms with E-state index in [0.717, 1.165) is 19.3 Å². The van der Waals surface area contributed by atoms with Crippen molar-refractivity contribution in [3.05, 3.63) is 12.2 Å². The molecule has 0 aromatic heterocycles. The largest absolute Gasteiger partial charge is 0.379 e. The maximum atomic E-state index is 6.01. The van der Waals surface area contributed by atoms with Gasteiger partial charge in [-0.05, 0) is 25.2 Å². The fraction of sp³-hybridized carbons (Fsp3) is 0.867. The Morgan fingerprint density at radius 1 is 0.769 bits per heavy atom. The number of allylic oxidation sites excluding steroid dienone is 1. The van der Waals surface area contributed by atoms with Crippen LogP contribution >= 0.6 is 69.6 Å². The van der Waals surface area contributed by atoms with Crippen LogP contribution in [-0.2, 0) is 9.47 Å². The van der Waals surface area contributed by atoms with Crippen molar-refractivity contribution in [2.24, 2.45) is 5.92 Å². The molecule has 1 saturated heterocycles. The van der Waals surface area contributed by atoms with E-state index >= 15 is 0 Å². The summed E-state index contributed by atoms with van der Waals surface area (Å²) in [5.41, 5.74) is 0. The number of hydrogen-bond acceptors (Lipinski definition) is 5. The highest BCUT2D eigenvalue weighted by Crippen LogP contribution is 2.35. The Morgan fingerprint density at radius 2 is 1.31 bits per heavy atom. The zero-order chi connectivity index (χ0) is 19.5. The molecule has 5 atom stereocenters. The minimum absolute atomic E-state index is 0.0696. The summed E-state index contributed by atoms with van der Waals surface area (Å²) in [6.45, 7) is 0. The maximum Gasteiger partial charge on any atom is 0.218 e. The minimum Gasteiger partial charge on any atom is -0.379 e. The first-order chi connectivity index (χ1) is 12.0. The minimum atomic E-state index is -1.61. The molecule has 3 N–H and O–H groups in total. The smallest absolute Gasteiger partial charge is 0.218 e. The molecule has 1 saturated carbocycles. The van der Waals surface area contributed by atoms with Crippen LogP contribution in [0, 0.1) is 5.92 Å². The van der Waals surface area contributed by atoms with E-state index < -0.39 is 19.9 Å². The number of rotatable bonds is 4. The topological polar surface area (TPSA) is 54.5 Å². The van der Waals surface area contributed by atoms with Crippen molar-refractivity contribution in [2.75, 3.05) is 14.2 Å². The molecule has 1 aliphatic heterocycles. The quantitative estimate of drug-likeness (QED) is 0.413. The second-order valence-electron chi connectivity index (χ2n) is 6.43. The molecule has 2 rings (SSSR count). The Kier molecular flexibility index (Phi) is 8.93. The molecule has 152 valence electrons. The molecule has 26 heavy (non-hydrogen) atoms. The van der Waals surface area contributed by atoms with Crippen LogP contribution in [0.2, 0.25) is 0 Å². The molecule has 2 fully saturated rings. The molecule has 0 amide bonds. The molecule has 0 aromatic carbocycles. The third kappa shape index (κ3) is 6.67. The predicted octanol–water partition coefficient (Wildman–Crippen LogP) is 3.87. The summed E-state index contributed by atoms with van der Waals surface area (Å²) in [6.07, 6.45) is 5.35. The summed E-state index contributed by atoms with van der Waals surface area (Å²) < 4.78 is 7.78. The standard InChI is InChI=1S/C15H23Cl6N3O2/c1-25-9-5-3-8(7-10(9)26-2)4-6-11-22-12(14(16,17)18)24-13(23-11)15(19,20)21/h4,6,8-13,22-24H,3,5,7H2,1-2H3. The van der Waals surface area contributed by atoms with Gasteiger partial charge in [0, 0.05) is 14.2 Å². The highest BCUT2D eigenvalue weighted by molar-refractivity contribution is 6.68. The van der Waals surface area contributed by atoms with Gasteiger partial charge in [0.05, 0.1) is 18.4 Å². The monoisotopic (exact) mass is 487 g/mol. The molecule has 1 aliphatic carbocycles. The second-order valence-corrected chi connectivity index (χ2v) is 11.2. The Morgan fingerprint density at radius 3 is 1.77 bits per heavy atom. The summed E-state index contributed by atoms with van der Waals surface area (Å²) in [6, 6.07) is 0. The number of methoxy groups -OCH3 is 2. The highest BCUT2D eigenvalue weighted by Gasteiger charge is 2.44. The van der Waals surface area contributed by atoms with E-state index in [9.17, 15) is 0 Å². The van der Waals surface area contributed by atoms with E-state index in [-0.39, 0.29) is 18.4 Å². The Labute approximate surface area is 184 Å². The van der Waals surface area contributed by atoms with Crippen molar-refractivity contribution in [2.45, 2.75) is 57.6 Å².